The van der Waals surface area contributed by atoms with Crippen LogP contribution in [0.1, 0.15) is 10.4 Å². The number of aliphatic carboxylic acids is 1. The largest absolute Gasteiger partial charge is 0.490 e. The molecule has 3 nitrogen and oxygen atoms in total. The lowest BCUT2D eigenvalue weighted by molar-refractivity contribution is -0.130. The summed E-state index contributed by atoms with van der Waals surface area (Å²) in [5, 5.41) is 11.1. The van der Waals surface area contributed by atoms with Gasteiger partial charge in [-0.05, 0) is 35.2 Å². The van der Waals surface area contributed by atoms with Crippen LogP contribution >= 0.6 is 11.3 Å². The van der Waals surface area contributed by atoms with E-state index in [1.54, 1.807) is 18.2 Å². The second-order valence-corrected chi connectivity index (χ2v) is 4.96. The van der Waals surface area contributed by atoms with Crippen molar-refractivity contribution in [3.05, 3.63) is 64.9 Å². The molecule has 0 aliphatic carbocycles. The van der Waals surface area contributed by atoms with Crippen LogP contribution in [-0.2, 0) is 4.79 Å². The molecule has 1 N–H and O–H groups in total. The van der Waals surface area contributed by atoms with Crippen LogP contribution in [0.25, 0.3) is 11.6 Å². The van der Waals surface area contributed by atoms with E-state index in [0.29, 0.717) is 12.2 Å². The molecule has 2 rings (SSSR count). The molecule has 0 radical (unpaired) electrons. The Balaban J connectivity index is 2.23. The van der Waals surface area contributed by atoms with Gasteiger partial charge in [0.05, 0.1) is 5.57 Å². The van der Waals surface area contributed by atoms with Crippen LogP contribution < -0.4 is 4.74 Å². The summed E-state index contributed by atoms with van der Waals surface area (Å²) < 4.78 is 5.38. The fraction of sp³-hybridized carbons (Fsp3) is 0.0625. The molecule has 0 fully saturated rings. The van der Waals surface area contributed by atoms with Crippen LogP contribution in [0.15, 0.2) is 54.4 Å². The molecule has 4 heteroatoms. The highest BCUT2D eigenvalue weighted by Crippen LogP contribution is 2.24. The molecule has 1 aromatic carbocycles. The van der Waals surface area contributed by atoms with E-state index >= 15 is 0 Å². The summed E-state index contributed by atoms with van der Waals surface area (Å²) in [7, 11) is 0. The normalized spacial score (nSPS) is 11.1. The monoisotopic (exact) mass is 286 g/mol. The Morgan fingerprint density at radius 1 is 1.30 bits per heavy atom. The molecule has 1 heterocycles. The highest BCUT2D eigenvalue weighted by atomic mass is 32.1. The fourth-order valence-electron chi connectivity index (χ4n) is 1.65. The van der Waals surface area contributed by atoms with Gasteiger partial charge in [-0.15, -0.1) is 11.3 Å². The molecule has 0 amide bonds. The van der Waals surface area contributed by atoms with E-state index in [-0.39, 0.29) is 0 Å². The molecule has 0 unspecified atom stereocenters. The number of hydrogen-bond donors (Lipinski definition) is 1. The van der Waals surface area contributed by atoms with E-state index in [4.69, 9.17) is 4.74 Å². The van der Waals surface area contributed by atoms with Gasteiger partial charge >= 0.3 is 5.97 Å². The predicted octanol–water partition coefficient (Wildman–Crippen LogP) is 3.94. The van der Waals surface area contributed by atoms with Crippen LogP contribution in [0.4, 0.5) is 0 Å². The Kier molecular flexibility index (Phi) is 4.74. The first-order chi connectivity index (χ1) is 9.70. The smallest absolute Gasteiger partial charge is 0.337 e. The average Bonchev–Trinajstić information content (AvgIpc) is 2.97. The summed E-state index contributed by atoms with van der Waals surface area (Å²) in [5.41, 5.74) is 1.11. The van der Waals surface area contributed by atoms with Gasteiger partial charge in [-0.3, -0.25) is 0 Å². The zero-order valence-corrected chi connectivity index (χ0v) is 11.6. The molecule has 0 spiro atoms. The lowest BCUT2D eigenvalue weighted by atomic mass is 10.1. The van der Waals surface area contributed by atoms with Gasteiger partial charge in [-0.2, -0.15) is 0 Å². The van der Waals surface area contributed by atoms with Gasteiger partial charge in [0, 0.05) is 4.88 Å². The predicted molar refractivity (Wildman–Crippen MR) is 82.0 cm³/mol. The van der Waals surface area contributed by atoms with E-state index in [1.807, 2.05) is 35.7 Å². The maximum atomic E-state index is 11.3. The van der Waals surface area contributed by atoms with E-state index in [9.17, 15) is 9.90 Å². The summed E-state index contributed by atoms with van der Waals surface area (Å²) in [6, 6.07) is 10.9. The maximum Gasteiger partial charge on any atom is 0.337 e. The number of ether oxygens (including phenoxy) is 1. The second kappa shape index (κ2) is 6.73. The van der Waals surface area contributed by atoms with E-state index in [2.05, 4.69) is 6.58 Å². The summed E-state index contributed by atoms with van der Waals surface area (Å²) in [6.45, 7) is 4.03. The Bertz CT molecular complexity index is 610. The molecule has 0 saturated carbocycles. The van der Waals surface area contributed by atoms with Crippen molar-refractivity contribution in [2.24, 2.45) is 0 Å². The standard InChI is InChI=1S/C16H14O3S/c1-2-9-19-13-7-5-12(6-8-13)11-14(16(17)18)15-4-3-10-20-15/h2-8,10-11H,1,9H2,(H,17,18)/b14-11-. The Labute approximate surface area is 121 Å². The zero-order valence-electron chi connectivity index (χ0n) is 10.8. The van der Waals surface area contributed by atoms with Crippen molar-refractivity contribution < 1.29 is 14.6 Å². The van der Waals surface area contributed by atoms with E-state index in [0.717, 1.165) is 16.2 Å². The minimum atomic E-state index is -0.931. The zero-order chi connectivity index (χ0) is 14.4. The molecule has 20 heavy (non-hydrogen) atoms. The van der Waals surface area contributed by atoms with Crippen molar-refractivity contribution in [2.45, 2.75) is 0 Å². The molecule has 0 aliphatic heterocycles. The van der Waals surface area contributed by atoms with E-state index < -0.39 is 5.97 Å². The molecule has 0 atom stereocenters. The molecular weight excluding hydrogens is 272 g/mol. The lowest BCUT2D eigenvalue weighted by Crippen LogP contribution is -1.97. The first-order valence-corrected chi connectivity index (χ1v) is 6.91. The summed E-state index contributed by atoms with van der Waals surface area (Å²) in [5.74, 6) is -0.200. The van der Waals surface area contributed by atoms with Crippen LogP contribution in [0.3, 0.4) is 0 Å². The molecular formula is C16H14O3S. The van der Waals surface area contributed by atoms with Gasteiger partial charge in [0.2, 0.25) is 0 Å². The first-order valence-electron chi connectivity index (χ1n) is 6.03. The number of carbonyl (C=O) groups is 1. The number of benzene rings is 1. The molecule has 102 valence electrons. The minimum Gasteiger partial charge on any atom is -0.490 e. The minimum absolute atomic E-state index is 0.291. The third-order valence-electron chi connectivity index (χ3n) is 2.58. The maximum absolute atomic E-state index is 11.3. The number of carboxylic acid groups (broad SMARTS) is 1. The van der Waals surface area contributed by atoms with Gasteiger partial charge in [0.25, 0.3) is 0 Å². The van der Waals surface area contributed by atoms with Crippen molar-refractivity contribution in [1.82, 2.24) is 0 Å². The first kappa shape index (κ1) is 14.1. The second-order valence-electron chi connectivity index (χ2n) is 4.01. The quantitative estimate of drug-likeness (QED) is 0.646. The Hall–Kier alpha value is -2.33. The molecule has 0 saturated heterocycles. The number of carboxylic acids is 1. The lowest BCUT2D eigenvalue weighted by Gasteiger charge is -2.04. The van der Waals surface area contributed by atoms with E-state index in [1.165, 1.54) is 11.3 Å². The Morgan fingerprint density at radius 2 is 2.05 bits per heavy atom. The Morgan fingerprint density at radius 3 is 2.60 bits per heavy atom. The highest BCUT2D eigenvalue weighted by Gasteiger charge is 2.11. The third-order valence-corrected chi connectivity index (χ3v) is 3.48. The topological polar surface area (TPSA) is 46.5 Å². The van der Waals surface area contributed by atoms with Crippen molar-refractivity contribution in [2.75, 3.05) is 6.61 Å². The molecule has 0 aliphatic rings. The molecule has 2 aromatic rings. The van der Waals surface area contributed by atoms with Gasteiger partial charge in [0.15, 0.2) is 0 Å². The summed E-state index contributed by atoms with van der Waals surface area (Å²) in [6.07, 6.45) is 3.33. The van der Waals surface area contributed by atoms with Crippen LogP contribution in [0.5, 0.6) is 5.75 Å². The van der Waals surface area contributed by atoms with Gasteiger partial charge < -0.3 is 9.84 Å². The van der Waals surface area contributed by atoms with Gasteiger partial charge in [-0.1, -0.05) is 30.9 Å². The van der Waals surface area contributed by atoms with Gasteiger partial charge in [-0.25, -0.2) is 4.79 Å². The number of hydrogen-bond acceptors (Lipinski definition) is 3. The molecule has 0 bridgehead atoms. The van der Waals surface area contributed by atoms with Gasteiger partial charge in [0.1, 0.15) is 12.4 Å². The molecule has 1 aromatic heterocycles. The summed E-state index contributed by atoms with van der Waals surface area (Å²) in [4.78, 5) is 12.1. The number of rotatable bonds is 6. The number of thiophene rings is 1. The fourth-order valence-corrected chi connectivity index (χ4v) is 2.39. The average molecular weight is 286 g/mol. The van der Waals surface area contributed by atoms with Crippen molar-refractivity contribution in [3.8, 4) is 5.75 Å². The third kappa shape index (κ3) is 3.59. The SMILES string of the molecule is C=CCOc1ccc(/C=C(\C(=O)O)c2cccs2)cc1. The van der Waals surface area contributed by atoms with Crippen LogP contribution in [0, 0.1) is 0 Å². The van der Waals surface area contributed by atoms with Crippen LogP contribution in [0.2, 0.25) is 0 Å². The summed E-state index contributed by atoms with van der Waals surface area (Å²) >= 11 is 1.41. The van der Waals surface area contributed by atoms with Crippen molar-refractivity contribution in [1.29, 1.82) is 0 Å². The van der Waals surface area contributed by atoms with Crippen molar-refractivity contribution >= 4 is 29.0 Å². The van der Waals surface area contributed by atoms with Crippen LogP contribution in [-0.4, -0.2) is 17.7 Å². The van der Waals surface area contributed by atoms with Crippen molar-refractivity contribution in [3.63, 3.8) is 0 Å². The highest BCUT2D eigenvalue weighted by molar-refractivity contribution is 7.11.